The minimum atomic E-state index is -3.38. The van der Waals surface area contributed by atoms with Crippen LogP contribution in [0.2, 0.25) is 0 Å². The number of benzene rings is 1. The van der Waals surface area contributed by atoms with E-state index < -0.39 is 10.0 Å². The first-order valence-corrected chi connectivity index (χ1v) is 7.94. The molecule has 1 aliphatic rings. The first kappa shape index (κ1) is 12.6. The summed E-state index contributed by atoms with van der Waals surface area (Å²) < 4.78 is 26.8. The highest BCUT2D eigenvalue weighted by Crippen LogP contribution is 2.24. The zero-order valence-corrected chi connectivity index (χ0v) is 11.7. The first-order valence-electron chi connectivity index (χ1n) is 6.50. The lowest BCUT2D eigenvalue weighted by molar-refractivity contribution is 0.281. The van der Waals surface area contributed by atoms with E-state index >= 15 is 0 Å². The molecule has 0 bridgehead atoms. The van der Waals surface area contributed by atoms with Crippen molar-refractivity contribution in [1.82, 2.24) is 14.3 Å². The predicted octanol–water partition coefficient (Wildman–Crippen LogP) is 1.98. The molecule has 0 saturated carbocycles. The Morgan fingerprint density at radius 3 is 3.05 bits per heavy atom. The van der Waals surface area contributed by atoms with Crippen molar-refractivity contribution in [3.63, 3.8) is 0 Å². The Kier molecular flexibility index (Phi) is 3.06. The van der Waals surface area contributed by atoms with Gasteiger partial charge in [-0.05, 0) is 37.0 Å². The maximum Gasteiger partial charge on any atom is 0.243 e. The summed E-state index contributed by atoms with van der Waals surface area (Å²) in [6.45, 7) is 3.33. The summed E-state index contributed by atoms with van der Waals surface area (Å²) in [5.41, 5.74) is 1.54. The molecule has 1 aliphatic heterocycles. The second-order valence-corrected chi connectivity index (χ2v) is 7.13. The molecule has 1 fully saturated rings. The molecule has 6 heteroatoms. The van der Waals surface area contributed by atoms with Gasteiger partial charge in [0, 0.05) is 13.1 Å². The van der Waals surface area contributed by atoms with Crippen molar-refractivity contribution in [2.24, 2.45) is 5.92 Å². The van der Waals surface area contributed by atoms with Crippen LogP contribution in [-0.4, -0.2) is 35.8 Å². The smallest absolute Gasteiger partial charge is 0.243 e. The summed E-state index contributed by atoms with van der Waals surface area (Å²) >= 11 is 0. The van der Waals surface area contributed by atoms with Gasteiger partial charge in [0.15, 0.2) is 0 Å². The van der Waals surface area contributed by atoms with E-state index in [1.165, 1.54) is 0 Å². The molecule has 0 amide bonds. The lowest BCUT2D eigenvalue weighted by Crippen LogP contribution is -2.39. The van der Waals surface area contributed by atoms with Gasteiger partial charge in [0.05, 0.1) is 22.3 Å². The number of nitrogens with zero attached hydrogens (tertiary/aromatic N) is 2. The van der Waals surface area contributed by atoms with Crippen LogP contribution in [0.15, 0.2) is 29.4 Å². The first-order chi connectivity index (χ1) is 9.07. The van der Waals surface area contributed by atoms with Gasteiger partial charge in [-0.1, -0.05) is 6.92 Å². The average molecular weight is 279 g/mol. The predicted molar refractivity (Wildman–Crippen MR) is 73.3 cm³/mol. The SMILES string of the molecule is CC1CCCN(S(=O)(=O)c2ccc3nc[nH]c3c2)C1. The van der Waals surface area contributed by atoms with Crippen LogP contribution >= 0.6 is 0 Å². The Bertz CT molecular complexity index is 693. The van der Waals surface area contributed by atoms with E-state index in [1.807, 2.05) is 0 Å². The fraction of sp³-hybridized carbons (Fsp3) is 0.462. The number of fused-ring (bicyclic) bond motifs is 1. The lowest BCUT2D eigenvalue weighted by Gasteiger charge is -2.30. The maximum absolute atomic E-state index is 12.6. The van der Waals surface area contributed by atoms with Gasteiger partial charge >= 0.3 is 0 Å². The second kappa shape index (κ2) is 4.61. The van der Waals surface area contributed by atoms with E-state index in [4.69, 9.17) is 0 Å². The molecule has 19 heavy (non-hydrogen) atoms. The summed E-state index contributed by atoms with van der Waals surface area (Å²) in [7, 11) is -3.38. The molecule has 5 nitrogen and oxygen atoms in total. The van der Waals surface area contributed by atoms with E-state index in [1.54, 1.807) is 28.8 Å². The summed E-state index contributed by atoms with van der Waals surface area (Å²) in [6.07, 6.45) is 3.61. The van der Waals surface area contributed by atoms with Crippen LogP contribution in [0.4, 0.5) is 0 Å². The molecule has 1 aromatic heterocycles. The van der Waals surface area contributed by atoms with E-state index in [2.05, 4.69) is 16.9 Å². The van der Waals surface area contributed by atoms with Crippen LogP contribution in [-0.2, 0) is 10.0 Å². The van der Waals surface area contributed by atoms with E-state index in [9.17, 15) is 8.42 Å². The highest BCUT2D eigenvalue weighted by Gasteiger charge is 2.28. The molecule has 0 aliphatic carbocycles. The minimum Gasteiger partial charge on any atom is -0.345 e. The third-order valence-corrected chi connectivity index (χ3v) is 5.51. The van der Waals surface area contributed by atoms with Crippen molar-refractivity contribution in [3.05, 3.63) is 24.5 Å². The molecule has 1 atom stereocenters. The topological polar surface area (TPSA) is 66.1 Å². The molecular weight excluding hydrogens is 262 g/mol. The zero-order chi connectivity index (χ0) is 13.5. The quantitative estimate of drug-likeness (QED) is 0.914. The Morgan fingerprint density at radius 2 is 2.26 bits per heavy atom. The monoisotopic (exact) mass is 279 g/mol. The van der Waals surface area contributed by atoms with Crippen molar-refractivity contribution < 1.29 is 8.42 Å². The largest absolute Gasteiger partial charge is 0.345 e. The highest BCUT2D eigenvalue weighted by atomic mass is 32.2. The molecule has 0 radical (unpaired) electrons. The number of imidazole rings is 1. The average Bonchev–Trinajstić information content (AvgIpc) is 2.85. The summed E-state index contributed by atoms with van der Waals surface area (Å²) in [4.78, 5) is 7.40. The van der Waals surface area contributed by atoms with Crippen molar-refractivity contribution in [3.8, 4) is 0 Å². The van der Waals surface area contributed by atoms with Gasteiger partial charge in [0.1, 0.15) is 0 Å². The van der Waals surface area contributed by atoms with Gasteiger partial charge < -0.3 is 4.98 Å². The number of aromatic nitrogens is 2. The van der Waals surface area contributed by atoms with Crippen molar-refractivity contribution in [1.29, 1.82) is 0 Å². The third-order valence-electron chi connectivity index (χ3n) is 3.65. The van der Waals surface area contributed by atoms with E-state index in [-0.39, 0.29) is 0 Å². The van der Waals surface area contributed by atoms with Gasteiger partial charge in [0.25, 0.3) is 0 Å². The number of nitrogens with one attached hydrogen (secondary N) is 1. The number of aromatic amines is 1. The number of hydrogen-bond donors (Lipinski definition) is 1. The standard InChI is InChI=1S/C13H17N3O2S/c1-10-3-2-6-16(8-10)19(17,18)11-4-5-12-13(7-11)15-9-14-12/h4-5,7,9-10H,2-3,6,8H2,1H3,(H,14,15). The molecule has 3 rings (SSSR count). The maximum atomic E-state index is 12.6. The number of sulfonamides is 1. The van der Waals surface area contributed by atoms with Crippen LogP contribution in [0, 0.1) is 5.92 Å². The van der Waals surface area contributed by atoms with Gasteiger partial charge in [-0.2, -0.15) is 4.31 Å². The van der Waals surface area contributed by atoms with Crippen LogP contribution in [0.25, 0.3) is 11.0 Å². The van der Waals surface area contributed by atoms with E-state index in [0.717, 1.165) is 23.9 Å². The lowest BCUT2D eigenvalue weighted by atomic mass is 10.0. The van der Waals surface area contributed by atoms with Crippen LogP contribution in [0.3, 0.4) is 0 Å². The fourth-order valence-electron chi connectivity index (χ4n) is 2.59. The molecule has 0 spiro atoms. The van der Waals surface area contributed by atoms with Crippen LogP contribution < -0.4 is 0 Å². The molecule has 1 N–H and O–H groups in total. The molecule has 102 valence electrons. The van der Waals surface area contributed by atoms with Crippen molar-refractivity contribution >= 4 is 21.1 Å². The third kappa shape index (κ3) is 2.26. The van der Waals surface area contributed by atoms with Gasteiger partial charge in [-0.15, -0.1) is 0 Å². The van der Waals surface area contributed by atoms with E-state index in [0.29, 0.717) is 23.9 Å². The molecule has 1 unspecified atom stereocenters. The molecule has 2 heterocycles. The normalized spacial score (nSPS) is 21.8. The summed E-state index contributed by atoms with van der Waals surface area (Å²) in [5, 5.41) is 0. The summed E-state index contributed by atoms with van der Waals surface area (Å²) in [5.74, 6) is 0.430. The van der Waals surface area contributed by atoms with Crippen molar-refractivity contribution in [2.45, 2.75) is 24.7 Å². The Morgan fingerprint density at radius 1 is 1.42 bits per heavy atom. The van der Waals surface area contributed by atoms with Crippen LogP contribution in [0.1, 0.15) is 19.8 Å². The molecule has 2 aromatic rings. The fourth-order valence-corrected chi connectivity index (χ4v) is 4.21. The zero-order valence-electron chi connectivity index (χ0n) is 10.8. The Balaban J connectivity index is 1.98. The van der Waals surface area contributed by atoms with Crippen molar-refractivity contribution in [2.75, 3.05) is 13.1 Å². The molecule has 1 aromatic carbocycles. The molecular formula is C13H17N3O2S. The Labute approximate surface area is 112 Å². The van der Waals surface area contributed by atoms with Crippen LogP contribution in [0.5, 0.6) is 0 Å². The van der Waals surface area contributed by atoms with Gasteiger partial charge in [-0.25, -0.2) is 13.4 Å². The number of rotatable bonds is 2. The number of H-pyrrole nitrogens is 1. The Hall–Kier alpha value is -1.40. The number of hydrogen-bond acceptors (Lipinski definition) is 3. The second-order valence-electron chi connectivity index (χ2n) is 5.19. The summed E-state index contributed by atoms with van der Waals surface area (Å²) in [6, 6.07) is 5.04. The molecule has 1 saturated heterocycles. The number of piperidine rings is 1. The van der Waals surface area contributed by atoms with Gasteiger partial charge in [0.2, 0.25) is 10.0 Å². The van der Waals surface area contributed by atoms with Gasteiger partial charge in [-0.3, -0.25) is 0 Å². The minimum absolute atomic E-state index is 0.346. The highest BCUT2D eigenvalue weighted by molar-refractivity contribution is 7.89.